The third-order valence-corrected chi connectivity index (χ3v) is 4.33. The number of carbonyl (C=O) groups is 1. The molecule has 2 fully saturated rings. The molecule has 2 saturated heterocycles. The molecule has 1 unspecified atom stereocenters. The predicted octanol–water partition coefficient (Wildman–Crippen LogP) is 1.11. The summed E-state index contributed by atoms with van der Waals surface area (Å²) < 4.78 is 7.73. The van der Waals surface area contributed by atoms with E-state index in [4.69, 9.17) is 4.74 Å². The summed E-state index contributed by atoms with van der Waals surface area (Å²) in [7, 11) is 1.81. The van der Waals surface area contributed by atoms with Crippen LogP contribution in [0.25, 0.3) is 0 Å². The van der Waals surface area contributed by atoms with Gasteiger partial charge in [0.2, 0.25) is 0 Å². The first-order valence-corrected chi connectivity index (χ1v) is 7.22. The lowest BCUT2D eigenvalue weighted by Gasteiger charge is -2.21. The summed E-state index contributed by atoms with van der Waals surface area (Å²) in [5, 5.41) is 0. The SMILES string of the molecule is Cc1nccn1CCCN1CCC2(C1)CN(C)C(=O)O2. The second-order valence-corrected chi connectivity index (χ2v) is 5.95. The molecule has 6 nitrogen and oxygen atoms in total. The number of amides is 1. The first-order chi connectivity index (χ1) is 9.58. The van der Waals surface area contributed by atoms with Gasteiger partial charge in [0.05, 0.1) is 6.54 Å². The van der Waals surface area contributed by atoms with E-state index < -0.39 is 0 Å². The van der Waals surface area contributed by atoms with Gasteiger partial charge in [0, 0.05) is 52.0 Å². The molecule has 0 bridgehead atoms. The van der Waals surface area contributed by atoms with Crippen molar-refractivity contribution < 1.29 is 9.53 Å². The standard InChI is InChI=1S/C14H22N4O2/c1-12-15-5-9-18(12)7-3-6-17-8-4-14(11-17)10-16(2)13(19)20-14/h5,9H,3-4,6-8,10-11H2,1-2H3. The van der Waals surface area contributed by atoms with Crippen LogP contribution in [0.5, 0.6) is 0 Å². The van der Waals surface area contributed by atoms with Crippen molar-refractivity contribution in [2.45, 2.75) is 31.9 Å². The zero-order chi connectivity index (χ0) is 14.2. The number of likely N-dealkylation sites (tertiary alicyclic amines) is 1. The van der Waals surface area contributed by atoms with Crippen LogP contribution in [0.1, 0.15) is 18.7 Å². The number of rotatable bonds is 4. The quantitative estimate of drug-likeness (QED) is 0.828. The van der Waals surface area contributed by atoms with Gasteiger partial charge in [-0.1, -0.05) is 0 Å². The predicted molar refractivity (Wildman–Crippen MR) is 74.5 cm³/mol. The molecule has 1 aromatic rings. The smallest absolute Gasteiger partial charge is 0.410 e. The third kappa shape index (κ3) is 2.52. The maximum absolute atomic E-state index is 11.5. The van der Waals surface area contributed by atoms with Gasteiger partial charge in [0.1, 0.15) is 11.4 Å². The summed E-state index contributed by atoms with van der Waals surface area (Å²) in [4.78, 5) is 19.8. The van der Waals surface area contributed by atoms with E-state index in [9.17, 15) is 4.79 Å². The maximum atomic E-state index is 11.5. The molecule has 1 atom stereocenters. The van der Waals surface area contributed by atoms with Gasteiger partial charge < -0.3 is 14.2 Å². The fourth-order valence-electron chi connectivity index (χ4n) is 3.23. The van der Waals surface area contributed by atoms with E-state index in [-0.39, 0.29) is 11.7 Å². The lowest BCUT2D eigenvalue weighted by atomic mass is 10.0. The molecule has 110 valence electrons. The molecular formula is C14H22N4O2. The molecule has 0 N–H and O–H groups in total. The second-order valence-electron chi connectivity index (χ2n) is 5.95. The Morgan fingerprint density at radius 3 is 2.90 bits per heavy atom. The van der Waals surface area contributed by atoms with E-state index in [0.717, 1.165) is 51.4 Å². The molecule has 0 aliphatic carbocycles. The van der Waals surface area contributed by atoms with Crippen molar-refractivity contribution in [3.8, 4) is 0 Å². The maximum Gasteiger partial charge on any atom is 0.410 e. The number of hydrogen-bond donors (Lipinski definition) is 0. The zero-order valence-electron chi connectivity index (χ0n) is 12.2. The van der Waals surface area contributed by atoms with Crippen LogP contribution in [0.3, 0.4) is 0 Å². The molecule has 1 aromatic heterocycles. The molecule has 0 radical (unpaired) electrons. The van der Waals surface area contributed by atoms with Crippen LogP contribution < -0.4 is 0 Å². The topological polar surface area (TPSA) is 50.6 Å². The summed E-state index contributed by atoms with van der Waals surface area (Å²) in [5.74, 6) is 1.06. The van der Waals surface area contributed by atoms with Crippen LogP contribution in [0.4, 0.5) is 4.79 Å². The number of carbonyl (C=O) groups excluding carboxylic acids is 1. The third-order valence-electron chi connectivity index (χ3n) is 4.33. The van der Waals surface area contributed by atoms with Crippen molar-refractivity contribution in [2.24, 2.45) is 0 Å². The largest absolute Gasteiger partial charge is 0.439 e. The fraction of sp³-hybridized carbons (Fsp3) is 0.714. The first-order valence-electron chi connectivity index (χ1n) is 7.22. The van der Waals surface area contributed by atoms with Crippen molar-refractivity contribution in [3.63, 3.8) is 0 Å². The van der Waals surface area contributed by atoms with Gasteiger partial charge in [-0.3, -0.25) is 4.90 Å². The van der Waals surface area contributed by atoms with E-state index in [0.29, 0.717) is 0 Å². The number of likely N-dealkylation sites (N-methyl/N-ethyl adjacent to an activating group) is 1. The Morgan fingerprint density at radius 1 is 1.40 bits per heavy atom. The zero-order valence-corrected chi connectivity index (χ0v) is 12.2. The molecule has 1 amide bonds. The normalized spacial score (nSPS) is 26.7. The Hall–Kier alpha value is -1.56. The van der Waals surface area contributed by atoms with Gasteiger partial charge in [0.25, 0.3) is 0 Å². The highest BCUT2D eigenvalue weighted by molar-refractivity contribution is 5.70. The van der Waals surface area contributed by atoms with Crippen molar-refractivity contribution >= 4 is 6.09 Å². The second kappa shape index (κ2) is 5.09. The summed E-state index contributed by atoms with van der Waals surface area (Å²) in [5.41, 5.74) is -0.253. The lowest BCUT2D eigenvalue weighted by Crippen LogP contribution is -2.37. The Labute approximate surface area is 119 Å². The van der Waals surface area contributed by atoms with Crippen molar-refractivity contribution in [1.82, 2.24) is 19.4 Å². The van der Waals surface area contributed by atoms with Crippen LogP contribution in [0.2, 0.25) is 0 Å². The van der Waals surface area contributed by atoms with Gasteiger partial charge >= 0.3 is 6.09 Å². The monoisotopic (exact) mass is 278 g/mol. The number of imidazole rings is 1. The summed E-state index contributed by atoms with van der Waals surface area (Å²) in [6, 6.07) is 0. The number of aryl methyl sites for hydroxylation is 2. The minimum absolute atomic E-state index is 0.180. The lowest BCUT2D eigenvalue weighted by molar-refractivity contribution is 0.0632. The number of nitrogens with zero attached hydrogens (tertiary/aromatic N) is 4. The molecule has 2 aliphatic rings. The van der Waals surface area contributed by atoms with Crippen LogP contribution >= 0.6 is 0 Å². The first kappa shape index (κ1) is 13.4. The number of hydrogen-bond acceptors (Lipinski definition) is 4. The Balaban J connectivity index is 1.47. The Kier molecular flexibility index (Phi) is 3.41. The average Bonchev–Trinajstić information content (AvgIpc) is 3.04. The summed E-state index contributed by atoms with van der Waals surface area (Å²) in [6.45, 7) is 6.67. The van der Waals surface area contributed by atoms with Gasteiger partial charge in [-0.25, -0.2) is 9.78 Å². The van der Waals surface area contributed by atoms with Crippen LogP contribution in [0, 0.1) is 6.92 Å². The molecule has 2 aliphatic heterocycles. The molecule has 20 heavy (non-hydrogen) atoms. The fourth-order valence-corrected chi connectivity index (χ4v) is 3.23. The summed E-state index contributed by atoms with van der Waals surface area (Å²) >= 11 is 0. The molecule has 1 spiro atoms. The van der Waals surface area contributed by atoms with Crippen molar-refractivity contribution in [2.75, 3.05) is 33.2 Å². The molecule has 0 saturated carbocycles. The van der Waals surface area contributed by atoms with E-state index in [1.54, 1.807) is 4.90 Å². The number of ether oxygens (including phenoxy) is 1. The van der Waals surface area contributed by atoms with E-state index in [2.05, 4.69) is 14.5 Å². The molecule has 0 aromatic carbocycles. The molecule has 6 heteroatoms. The molecule has 3 rings (SSSR count). The highest BCUT2D eigenvalue weighted by Gasteiger charge is 2.48. The Morgan fingerprint density at radius 2 is 2.25 bits per heavy atom. The van der Waals surface area contributed by atoms with Crippen LogP contribution in [0.15, 0.2) is 12.4 Å². The van der Waals surface area contributed by atoms with E-state index in [1.165, 1.54) is 0 Å². The molecule has 3 heterocycles. The van der Waals surface area contributed by atoms with Gasteiger partial charge in [-0.2, -0.15) is 0 Å². The Bertz CT molecular complexity index is 501. The highest BCUT2D eigenvalue weighted by Crippen LogP contribution is 2.31. The number of aromatic nitrogens is 2. The minimum Gasteiger partial charge on any atom is -0.439 e. The van der Waals surface area contributed by atoms with E-state index in [1.807, 2.05) is 26.4 Å². The summed E-state index contributed by atoms with van der Waals surface area (Å²) in [6.07, 6.45) is 5.73. The molecular weight excluding hydrogens is 256 g/mol. The van der Waals surface area contributed by atoms with Gasteiger partial charge in [-0.05, 0) is 13.3 Å². The highest BCUT2D eigenvalue weighted by atomic mass is 16.6. The van der Waals surface area contributed by atoms with E-state index >= 15 is 0 Å². The van der Waals surface area contributed by atoms with Gasteiger partial charge in [-0.15, -0.1) is 0 Å². The van der Waals surface area contributed by atoms with Crippen molar-refractivity contribution in [1.29, 1.82) is 0 Å². The average molecular weight is 278 g/mol. The van der Waals surface area contributed by atoms with Crippen LogP contribution in [-0.2, 0) is 11.3 Å². The van der Waals surface area contributed by atoms with Gasteiger partial charge in [0.15, 0.2) is 0 Å². The van der Waals surface area contributed by atoms with Crippen LogP contribution in [-0.4, -0.2) is 64.3 Å². The minimum atomic E-state index is -0.253. The van der Waals surface area contributed by atoms with Crippen molar-refractivity contribution in [3.05, 3.63) is 18.2 Å².